The summed E-state index contributed by atoms with van der Waals surface area (Å²) in [6.07, 6.45) is 1.38. The van der Waals surface area contributed by atoms with Gasteiger partial charge in [0.05, 0.1) is 25.3 Å². The van der Waals surface area contributed by atoms with Crippen molar-refractivity contribution in [3.8, 4) is 0 Å². The average molecular weight is 534 g/mol. The lowest BCUT2D eigenvalue weighted by atomic mass is 9.95. The molecule has 10 nitrogen and oxygen atoms in total. The van der Waals surface area contributed by atoms with Gasteiger partial charge in [-0.15, -0.1) is 0 Å². The lowest BCUT2D eigenvalue weighted by Crippen LogP contribution is -2.62. The van der Waals surface area contributed by atoms with Crippen LogP contribution in [-0.2, 0) is 35.1 Å². The first-order chi connectivity index (χ1) is 19.0. The molecule has 10 heteroatoms. The molecule has 5 rings (SSSR count). The summed E-state index contributed by atoms with van der Waals surface area (Å²) in [6, 6.07) is 15.9. The van der Waals surface area contributed by atoms with Crippen LogP contribution in [0.4, 0.5) is 4.79 Å². The number of ether oxygens (including phenoxy) is 4. The quantitative estimate of drug-likeness (QED) is 0.353. The van der Waals surface area contributed by atoms with Crippen molar-refractivity contribution in [3.63, 3.8) is 0 Å². The maximum Gasteiger partial charge on any atom is 0.410 e. The van der Waals surface area contributed by atoms with Crippen molar-refractivity contribution in [3.05, 3.63) is 71.9 Å². The highest BCUT2D eigenvalue weighted by atomic mass is 16.7. The van der Waals surface area contributed by atoms with E-state index in [1.807, 2.05) is 60.5 Å². The number of nitrogens with one attached hydrogen (secondary N) is 2. The Balaban J connectivity index is 1.35. The summed E-state index contributed by atoms with van der Waals surface area (Å²) in [4.78, 5) is 43.4. The first kappa shape index (κ1) is 26.6. The van der Waals surface area contributed by atoms with Gasteiger partial charge in [-0.2, -0.15) is 0 Å². The van der Waals surface area contributed by atoms with E-state index in [4.69, 9.17) is 18.9 Å². The SMILES string of the molecule is COC(NC(=O)C1CCC2(CN1C(=O)OCc1ccccc1)OCCCO2)C(=C=O)c1c[nH]c2ccccc12. The number of fused-ring (bicyclic) bond motifs is 1. The standard InChI is InChI=1S/C29H31N3O7/c1-36-27(23(17-33)22-16-30-24-11-6-5-10-21(22)24)31-26(34)25-12-13-29(38-14-7-15-39-29)19-32(25)28(35)37-18-20-8-3-2-4-9-20/h2-6,8-11,16,25,27,30H,7,12-15,18-19H2,1H3,(H,31,34). The molecule has 3 aromatic rings. The summed E-state index contributed by atoms with van der Waals surface area (Å²) in [6.45, 7) is 1.11. The van der Waals surface area contributed by atoms with Gasteiger partial charge in [-0.25, -0.2) is 9.59 Å². The molecule has 2 aliphatic heterocycles. The van der Waals surface area contributed by atoms with Crippen molar-refractivity contribution in [1.29, 1.82) is 0 Å². The fourth-order valence-electron chi connectivity index (χ4n) is 5.10. The molecule has 2 saturated heterocycles. The van der Waals surface area contributed by atoms with Gasteiger partial charge in [-0.1, -0.05) is 48.5 Å². The van der Waals surface area contributed by atoms with Gasteiger partial charge in [0.1, 0.15) is 18.6 Å². The van der Waals surface area contributed by atoms with E-state index in [-0.39, 0.29) is 25.1 Å². The average Bonchev–Trinajstić information content (AvgIpc) is 3.40. The summed E-state index contributed by atoms with van der Waals surface area (Å²) in [5.41, 5.74) is 2.35. The van der Waals surface area contributed by atoms with E-state index < -0.39 is 30.1 Å². The molecule has 2 N–H and O–H groups in total. The summed E-state index contributed by atoms with van der Waals surface area (Å²) in [5, 5.41) is 3.58. The summed E-state index contributed by atoms with van der Waals surface area (Å²) in [5.74, 6) is 0.461. The highest BCUT2D eigenvalue weighted by molar-refractivity contribution is 6.02. The number of hydrogen-bond donors (Lipinski definition) is 2. The molecule has 3 heterocycles. The molecule has 2 aliphatic rings. The number of H-pyrrole nitrogens is 1. The summed E-state index contributed by atoms with van der Waals surface area (Å²) < 4.78 is 23.0. The van der Waals surface area contributed by atoms with E-state index in [0.717, 1.165) is 22.9 Å². The molecule has 1 spiro atoms. The Labute approximate surface area is 225 Å². The van der Waals surface area contributed by atoms with Gasteiger partial charge in [-0.05, 0) is 24.5 Å². The number of nitrogens with zero attached hydrogens (tertiary/aromatic N) is 1. The number of aromatic nitrogens is 1. The zero-order valence-corrected chi connectivity index (χ0v) is 21.7. The van der Waals surface area contributed by atoms with Crippen molar-refractivity contribution in [2.75, 3.05) is 26.9 Å². The first-order valence-corrected chi connectivity index (χ1v) is 12.9. The van der Waals surface area contributed by atoms with Crippen LogP contribution in [0.25, 0.3) is 16.5 Å². The predicted octanol–water partition coefficient (Wildman–Crippen LogP) is 3.41. The molecule has 2 atom stereocenters. The maximum absolute atomic E-state index is 13.6. The van der Waals surface area contributed by atoms with Crippen LogP contribution in [0.15, 0.2) is 60.8 Å². The normalized spacial score (nSPS) is 19.3. The zero-order chi connectivity index (χ0) is 27.2. The lowest BCUT2D eigenvalue weighted by Gasteiger charge is -2.46. The summed E-state index contributed by atoms with van der Waals surface area (Å²) >= 11 is 0. The predicted molar refractivity (Wildman–Crippen MR) is 142 cm³/mol. The number of hydrogen-bond acceptors (Lipinski definition) is 7. The number of aromatic amines is 1. The Kier molecular flexibility index (Phi) is 8.09. The molecule has 0 radical (unpaired) electrons. The van der Waals surface area contributed by atoms with Crippen molar-refractivity contribution < 1.29 is 33.3 Å². The van der Waals surface area contributed by atoms with Crippen LogP contribution >= 0.6 is 0 Å². The van der Waals surface area contributed by atoms with Crippen LogP contribution in [0.3, 0.4) is 0 Å². The van der Waals surface area contributed by atoms with Gasteiger partial charge in [0.2, 0.25) is 5.91 Å². The van der Waals surface area contributed by atoms with Crippen molar-refractivity contribution in [1.82, 2.24) is 15.2 Å². The van der Waals surface area contributed by atoms with E-state index in [0.29, 0.717) is 25.2 Å². The largest absolute Gasteiger partial charge is 0.445 e. The third-order valence-electron chi connectivity index (χ3n) is 7.11. The number of piperidine rings is 1. The third kappa shape index (κ3) is 5.74. The molecule has 0 aliphatic carbocycles. The smallest absolute Gasteiger partial charge is 0.410 e. The Hall–Kier alpha value is -3.95. The zero-order valence-electron chi connectivity index (χ0n) is 21.7. The van der Waals surface area contributed by atoms with Crippen molar-refractivity contribution in [2.24, 2.45) is 0 Å². The Morgan fingerprint density at radius 3 is 2.64 bits per heavy atom. The number of carbonyl (C=O) groups is 2. The summed E-state index contributed by atoms with van der Waals surface area (Å²) in [7, 11) is 1.39. The van der Waals surface area contributed by atoms with Gasteiger partial charge in [0.25, 0.3) is 0 Å². The second-order valence-electron chi connectivity index (χ2n) is 9.57. The van der Waals surface area contributed by atoms with Crippen LogP contribution in [-0.4, -0.2) is 72.8 Å². The molecule has 0 saturated carbocycles. The van der Waals surface area contributed by atoms with Crippen LogP contribution in [0.1, 0.15) is 30.4 Å². The van der Waals surface area contributed by atoms with E-state index in [9.17, 15) is 14.4 Å². The second-order valence-corrected chi connectivity index (χ2v) is 9.57. The second kappa shape index (κ2) is 11.8. The van der Waals surface area contributed by atoms with E-state index in [2.05, 4.69) is 10.3 Å². The minimum atomic E-state index is -1.09. The van der Waals surface area contributed by atoms with Gasteiger partial charge < -0.3 is 29.2 Å². The van der Waals surface area contributed by atoms with Crippen LogP contribution in [0.5, 0.6) is 0 Å². The number of benzene rings is 2. The molecular weight excluding hydrogens is 502 g/mol. The third-order valence-corrected chi connectivity index (χ3v) is 7.11. The van der Waals surface area contributed by atoms with Crippen LogP contribution < -0.4 is 5.32 Å². The highest BCUT2D eigenvalue weighted by Gasteiger charge is 2.47. The number of methoxy groups -OCH3 is 1. The van der Waals surface area contributed by atoms with Crippen molar-refractivity contribution in [2.45, 2.75) is 43.9 Å². The fourth-order valence-corrected chi connectivity index (χ4v) is 5.10. The number of rotatable bonds is 7. The van der Waals surface area contributed by atoms with Crippen LogP contribution in [0, 0.1) is 0 Å². The van der Waals surface area contributed by atoms with Crippen LogP contribution in [0.2, 0.25) is 0 Å². The molecule has 0 bridgehead atoms. The van der Waals surface area contributed by atoms with E-state index in [1.54, 1.807) is 6.20 Å². The van der Waals surface area contributed by atoms with Gasteiger partial charge in [0.15, 0.2) is 12.0 Å². The van der Waals surface area contributed by atoms with Gasteiger partial charge in [0, 0.05) is 36.2 Å². The molecule has 39 heavy (non-hydrogen) atoms. The number of para-hydroxylation sites is 1. The monoisotopic (exact) mass is 533 g/mol. The van der Waals surface area contributed by atoms with E-state index >= 15 is 0 Å². The van der Waals surface area contributed by atoms with E-state index in [1.165, 1.54) is 12.0 Å². The van der Waals surface area contributed by atoms with Gasteiger partial charge in [-0.3, -0.25) is 9.69 Å². The maximum atomic E-state index is 13.6. The first-order valence-electron chi connectivity index (χ1n) is 12.9. The van der Waals surface area contributed by atoms with Crippen molar-refractivity contribution >= 4 is 34.4 Å². The fraction of sp³-hybridized carbons (Fsp3) is 0.379. The molecule has 2 unspecified atom stereocenters. The number of likely N-dealkylation sites (tertiary alicyclic amines) is 1. The Morgan fingerprint density at radius 1 is 1.15 bits per heavy atom. The molecule has 2 aromatic carbocycles. The molecule has 2 fully saturated rings. The minimum absolute atomic E-state index is 0.0369. The number of amides is 2. The molecule has 1 aromatic heterocycles. The Morgan fingerprint density at radius 2 is 1.90 bits per heavy atom. The lowest BCUT2D eigenvalue weighted by molar-refractivity contribution is -0.286. The topological polar surface area (TPSA) is 119 Å². The highest BCUT2D eigenvalue weighted by Crippen LogP contribution is 2.33. The molecule has 2 amide bonds. The molecule has 204 valence electrons. The Bertz CT molecular complexity index is 1360. The van der Waals surface area contributed by atoms with Gasteiger partial charge >= 0.3 is 6.09 Å². The minimum Gasteiger partial charge on any atom is -0.445 e. The molecular formula is C29H31N3O7. The number of carbonyl (C=O) groups excluding carboxylic acids is 3.